The summed E-state index contributed by atoms with van der Waals surface area (Å²) in [4.78, 5) is 16.6. The van der Waals surface area contributed by atoms with Crippen molar-refractivity contribution >= 4 is 23.4 Å². The molecular weight excluding hydrogens is 479 g/mol. The van der Waals surface area contributed by atoms with Crippen molar-refractivity contribution in [2.45, 2.75) is 39.3 Å². The Hall–Kier alpha value is -3.25. The molecule has 1 aliphatic heterocycles. The minimum Gasteiger partial charge on any atom is -0.457 e. The number of halogens is 2. The monoisotopic (exact) mass is 510 g/mol. The third-order valence-electron chi connectivity index (χ3n) is 5.95. The number of ether oxygens (including phenoxy) is 2. The average Bonchev–Trinajstić information content (AvgIpc) is 3.30. The molecule has 1 saturated heterocycles. The summed E-state index contributed by atoms with van der Waals surface area (Å²) in [7, 11) is 0. The van der Waals surface area contributed by atoms with E-state index in [1.54, 1.807) is 17.0 Å². The van der Waals surface area contributed by atoms with Gasteiger partial charge in [-0.05, 0) is 99.3 Å². The third-order valence-corrected chi connectivity index (χ3v) is 6.21. The highest BCUT2D eigenvalue weighted by Crippen LogP contribution is 2.28. The molecule has 0 saturated carbocycles. The molecule has 3 aromatic rings. The first-order valence-corrected chi connectivity index (χ1v) is 12.5. The number of benzene rings is 3. The van der Waals surface area contributed by atoms with Crippen LogP contribution in [0, 0.1) is 11.7 Å². The number of nitrogens with zero attached hydrogens (tertiary/aromatic N) is 2. The van der Waals surface area contributed by atoms with Gasteiger partial charge in [0.1, 0.15) is 22.9 Å². The van der Waals surface area contributed by atoms with Gasteiger partial charge in [-0.25, -0.2) is 9.18 Å². The molecule has 0 spiro atoms. The Morgan fingerprint density at radius 3 is 2.22 bits per heavy atom. The lowest BCUT2D eigenvalue weighted by Crippen LogP contribution is -2.36. The summed E-state index contributed by atoms with van der Waals surface area (Å²) in [5, 5.41) is 0.659. The van der Waals surface area contributed by atoms with Crippen LogP contribution in [0.2, 0.25) is 5.02 Å². The lowest BCUT2D eigenvalue weighted by Gasteiger charge is -2.29. The lowest BCUT2D eigenvalue weighted by molar-refractivity contribution is 0.0288. The van der Waals surface area contributed by atoms with Crippen molar-refractivity contribution in [2.24, 2.45) is 5.92 Å². The fourth-order valence-corrected chi connectivity index (χ4v) is 4.35. The highest BCUT2D eigenvalue weighted by atomic mass is 35.5. The number of carbonyl (C=O) groups excluding carboxylic acids is 1. The molecule has 1 atom stereocenters. The minimum atomic E-state index is -0.514. The highest BCUT2D eigenvalue weighted by Gasteiger charge is 2.31. The van der Waals surface area contributed by atoms with E-state index in [-0.39, 0.29) is 11.9 Å². The average molecular weight is 511 g/mol. The normalized spacial score (nSPS) is 15.6. The van der Waals surface area contributed by atoms with E-state index in [0.717, 1.165) is 30.0 Å². The minimum absolute atomic E-state index is 0.252. The quantitative estimate of drug-likeness (QED) is 0.329. The van der Waals surface area contributed by atoms with Crippen LogP contribution in [0.3, 0.4) is 0 Å². The number of carbonyl (C=O) groups is 1. The molecule has 5 nitrogen and oxygen atoms in total. The van der Waals surface area contributed by atoms with E-state index in [9.17, 15) is 9.18 Å². The topological polar surface area (TPSA) is 42.0 Å². The summed E-state index contributed by atoms with van der Waals surface area (Å²) < 4.78 is 25.0. The van der Waals surface area contributed by atoms with E-state index >= 15 is 0 Å². The van der Waals surface area contributed by atoms with Crippen molar-refractivity contribution in [1.29, 1.82) is 0 Å². The van der Waals surface area contributed by atoms with Crippen LogP contribution < -0.4 is 9.64 Å². The molecule has 0 aliphatic carbocycles. The van der Waals surface area contributed by atoms with Gasteiger partial charge >= 0.3 is 6.09 Å². The maximum absolute atomic E-state index is 13.5. The second kappa shape index (κ2) is 11.2. The first-order chi connectivity index (χ1) is 17.1. The summed E-state index contributed by atoms with van der Waals surface area (Å²) in [6.07, 6.45) is 0.635. The predicted octanol–water partition coefficient (Wildman–Crippen LogP) is 7.54. The van der Waals surface area contributed by atoms with Crippen LogP contribution in [-0.2, 0) is 11.3 Å². The van der Waals surface area contributed by atoms with Crippen molar-refractivity contribution in [3.63, 3.8) is 0 Å². The van der Waals surface area contributed by atoms with Gasteiger partial charge in [-0.3, -0.25) is 0 Å². The maximum Gasteiger partial charge on any atom is 0.410 e. The van der Waals surface area contributed by atoms with Crippen molar-refractivity contribution < 1.29 is 18.7 Å². The van der Waals surface area contributed by atoms with E-state index in [4.69, 9.17) is 21.1 Å². The number of amides is 1. The zero-order valence-corrected chi connectivity index (χ0v) is 21.7. The Morgan fingerprint density at radius 1 is 1.00 bits per heavy atom. The second-order valence-corrected chi connectivity index (χ2v) is 10.6. The third kappa shape index (κ3) is 7.37. The summed E-state index contributed by atoms with van der Waals surface area (Å²) in [5.41, 5.74) is 1.53. The van der Waals surface area contributed by atoms with Gasteiger partial charge in [-0.1, -0.05) is 23.7 Å². The van der Waals surface area contributed by atoms with Crippen LogP contribution in [0.5, 0.6) is 11.5 Å². The van der Waals surface area contributed by atoms with Crippen LogP contribution in [0.15, 0.2) is 72.8 Å². The first-order valence-electron chi connectivity index (χ1n) is 12.2. The van der Waals surface area contributed by atoms with Crippen LogP contribution in [0.25, 0.3) is 0 Å². The van der Waals surface area contributed by atoms with E-state index in [1.165, 1.54) is 12.1 Å². The number of likely N-dealkylation sites (tertiary alicyclic amines) is 1. The van der Waals surface area contributed by atoms with Gasteiger partial charge in [0, 0.05) is 36.9 Å². The molecule has 0 bridgehead atoms. The van der Waals surface area contributed by atoms with Crippen LogP contribution in [0.1, 0.15) is 32.8 Å². The zero-order valence-electron chi connectivity index (χ0n) is 20.9. The molecule has 0 aromatic heterocycles. The summed E-state index contributed by atoms with van der Waals surface area (Å²) in [6.45, 7) is 8.34. The fourth-order valence-electron chi connectivity index (χ4n) is 4.22. The van der Waals surface area contributed by atoms with Crippen LogP contribution in [0.4, 0.5) is 14.9 Å². The largest absolute Gasteiger partial charge is 0.457 e. The van der Waals surface area contributed by atoms with Gasteiger partial charge in [-0.15, -0.1) is 0 Å². The highest BCUT2D eigenvalue weighted by molar-refractivity contribution is 6.30. The number of hydrogen-bond acceptors (Lipinski definition) is 4. The van der Waals surface area contributed by atoms with Crippen LogP contribution >= 0.6 is 11.6 Å². The molecule has 7 heteroatoms. The number of hydrogen-bond donors (Lipinski definition) is 0. The van der Waals surface area contributed by atoms with Gasteiger partial charge in [-0.2, -0.15) is 0 Å². The van der Waals surface area contributed by atoms with E-state index < -0.39 is 5.60 Å². The van der Waals surface area contributed by atoms with Gasteiger partial charge < -0.3 is 19.3 Å². The molecule has 3 aromatic carbocycles. The molecule has 1 aliphatic rings. The Balaban J connectivity index is 1.46. The van der Waals surface area contributed by atoms with Crippen molar-refractivity contribution in [3.05, 3.63) is 89.2 Å². The summed E-state index contributed by atoms with van der Waals surface area (Å²) in [5.74, 6) is 1.48. The van der Waals surface area contributed by atoms with Crippen molar-refractivity contribution in [3.8, 4) is 11.5 Å². The second-order valence-electron chi connectivity index (χ2n) is 10.1. The summed E-state index contributed by atoms with van der Waals surface area (Å²) >= 11 is 5.96. The molecule has 1 amide bonds. The van der Waals surface area contributed by atoms with Gasteiger partial charge in [0.05, 0.1) is 0 Å². The van der Waals surface area contributed by atoms with Gasteiger partial charge in [0.2, 0.25) is 0 Å². The van der Waals surface area contributed by atoms with Crippen molar-refractivity contribution in [2.75, 3.05) is 24.5 Å². The molecule has 1 heterocycles. The Morgan fingerprint density at radius 2 is 1.61 bits per heavy atom. The van der Waals surface area contributed by atoms with Crippen molar-refractivity contribution in [1.82, 2.24) is 4.90 Å². The number of anilines is 1. The molecule has 0 N–H and O–H groups in total. The van der Waals surface area contributed by atoms with E-state index in [2.05, 4.69) is 4.90 Å². The molecule has 36 heavy (non-hydrogen) atoms. The molecule has 1 unspecified atom stereocenters. The standard InChI is InChI=1S/C29H32ClFN2O3/c1-29(2,3)36-28(34)32-17-16-22(19-32)20-33(18-21-4-8-24(31)9-5-21)25-10-14-27(15-11-25)35-26-12-6-23(30)7-13-26/h4-15,22H,16-20H2,1-3H3. The first kappa shape index (κ1) is 25.8. The molecule has 4 rings (SSSR count). The smallest absolute Gasteiger partial charge is 0.410 e. The molecule has 0 radical (unpaired) electrons. The summed E-state index contributed by atoms with van der Waals surface area (Å²) in [6, 6.07) is 21.7. The van der Waals surface area contributed by atoms with E-state index in [1.807, 2.05) is 69.3 Å². The van der Waals surface area contributed by atoms with Gasteiger partial charge in [0.15, 0.2) is 0 Å². The Labute approximate surface area is 217 Å². The Kier molecular flexibility index (Phi) is 8.04. The predicted molar refractivity (Wildman–Crippen MR) is 141 cm³/mol. The lowest BCUT2D eigenvalue weighted by atomic mass is 10.1. The SMILES string of the molecule is CC(C)(C)OC(=O)N1CCC(CN(Cc2ccc(F)cc2)c2ccc(Oc3ccc(Cl)cc3)cc2)C1. The van der Waals surface area contributed by atoms with Crippen LogP contribution in [-0.4, -0.2) is 36.2 Å². The molecular formula is C29H32ClFN2O3. The van der Waals surface area contributed by atoms with E-state index in [0.29, 0.717) is 36.3 Å². The van der Waals surface area contributed by atoms with Gasteiger partial charge in [0.25, 0.3) is 0 Å². The number of rotatable bonds is 7. The maximum atomic E-state index is 13.5. The molecule has 1 fully saturated rings. The fraction of sp³-hybridized carbons (Fsp3) is 0.345. The Bertz CT molecular complexity index is 1150. The zero-order chi connectivity index (χ0) is 25.7. The molecule has 190 valence electrons.